The van der Waals surface area contributed by atoms with Crippen LogP contribution in [0.5, 0.6) is 0 Å². The highest BCUT2D eigenvalue weighted by molar-refractivity contribution is 5.47. The summed E-state index contributed by atoms with van der Waals surface area (Å²) in [6, 6.07) is 1.47. The van der Waals surface area contributed by atoms with Crippen molar-refractivity contribution < 1.29 is 17.9 Å². The van der Waals surface area contributed by atoms with Crippen LogP contribution < -0.4 is 10.6 Å². The van der Waals surface area contributed by atoms with Crippen molar-refractivity contribution in [3.05, 3.63) is 11.9 Å². The summed E-state index contributed by atoms with van der Waals surface area (Å²) in [5.41, 5.74) is 0. The predicted molar refractivity (Wildman–Crippen MR) is 68.7 cm³/mol. The summed E-state index contributed by atoms with van der Waals surface area (Å²) >= 11 is 0. The van der Waals surface area contributed by atoms with Crippen molar-refractivity contribution in [2.75, 3.05) is 30.3 Å². The van der Waals surface area contributed by atoms with Gasteiger partial charge in [0.1, 0.15) is 11.6 Å². The van der Waals surface area contributed by atoms with Crippen LogP contribution in [0.4, 0.5) is 24.8 Å². The average molecular weight is 290 g/mol. The number of aromatic nitrogens is 2. The van der Waals surface area contributed by atoms with Crippen LogP contribution in [0.1, 0.15) is 25.6 Å². The van der Waals surface area contributed by atoms with E-state index in [1.54, 1.807) is 6.92 Å². The van der Waals surface area contributed by atoms with Crippen molar-refractivity contribution in [3.63, 3.8) is 0 Å². The Hall–Kier alpha value is -1.57. The number of halogens is 3. The van der Waals surface area contributed by atoms with E-state index < -0.39 is 12.0 Å². The number of hydrogen-bond donors (Lipinski definition) is 2. The molecule has 0 aromatic carbocycles. The molecule has 112 valence electrons. The van der Waals surface area contributed by atoms with Crippen LogP contribution in [0.25, 0.3) is 0 Å². The van der Waals surface area contributed by atoms with Crippen molar-refractivity contribution >= 4 is 11.6 Å². The van der Waals surface area contributed by atoms with Gasteiger partial charge in [-0.3, -0.25) is 0 Å². The second kappa shape index (κ2) is 6.25. The predicted octanol–water partition coefficient (Wildman–Crippen LogP) is 2.52. The molecule has 1 fully saturated rings. The van der Waals surface area contributed by atoms with Crippen LogP contribution in [0, 0.1) is 0 Å². The SMILES string of the molecule is CCNc1cc(NCC2CCCO2)nc(C(F)(F)F)n1. The smallest absolute Gasteiger partial charge is 0.376 e. The molecule has 1 aromatic heterocycles. The van der Waals surface area contributed by atoms with Crippen LogP contribution in [-0.2, 0) is 10.9 Å². The van der Waals surface area contributed by atoms with Gasteiger partial charge in [-0.15, -0.1) is 0 Å². The summed E-state index contributed by atoms with van der Waals surface area (Å²) in [6.07, 6.45) is -2.65. The zero-order valence-electron chi connectivity index (χ0n) is 11.1. The number of rotatable bonds is 5. The molecule has 1 unspecified atom stereocenters. The molecule has 5 nitrogen and oxygen atoms in total. The van der Waals surface area contributed by atoms with E-state index in [0.717, 1.165) is 12.8 Å². The van der Waals surface area contributed by atoms with Gasteiger partial charge in [-0.2, -0.15) is 13.2 Å². The number of nitrogens with zero attached hydrogens (tertiary/aromatic N) is 2. The minimum Gasteiger partial charge on any atom is -0.376 e. The molecule has 8 heteroatoms. The van der Waals surface area contributed by atoms with E-state index >= 15 is 0 Å². The first kappa shape index (κ1) is 14.8. The number of hydrogen-bond acceptors (Lipinski definition) is 5. The van der Waals surface area contributed by atoms with Crippen molar-refractivity contribution in [3.8, 4) is 0 Å². The van der Waals surface area contributed by atoms with Gasteiger partial charge in [0, 0.05) is 25.8 Å². The maximum Gasteiger partial charge on any atom is 0.451 e. The standard InChI is InChI=1S/C12H17F3N4O/c1-2-16-9-6-10(17-7-8-4-3-5-20-8)19-11(18-9)12(13,14)15/h6,8H,2-5,7H2,1H3,(H2,16,17,18,19). The number of ether oxygens (including phenoxy) is 1. The molecule has 1 aliphatic heterocycles. The molecule has 1 aliphatic rings. The first-order chi connectivity index (χ1) is 9.49. The third-order valence-corrected chi connectivity index (χ3v) is 2.87. The molecule has 0 amide bonds. The highest BCUT2D eigenvalue weighted by Crippen LogP contribution is 2.28. The number of nitrogens with one attached hydrogen (secondary N) is 2. The Bertz CT molecular complexity index is 447. The molecule has 0 radical (unpaired) electrons. The van der Waals surface area contributed by atoms with E-state index in [4.69, 9.17) is 4.74 Å². The molecule has 0 saturated carbocycles. The van der Waals surface area contributed by atoms with Crippen molar-refractivity contribution in [2.45, 2.75) is 32.0 Å². The third-order valence-electron chi connectivity index (χ3n) is 2.87. The Balaban J connectivity index is 2.11. The summed E-state index contributed by atoms with van der Waals surface area (Å²) in [5, 5.41) is 5.65. The molecule has 0 spiro atoms. The lowest BCUT2D eigenvalue weighted by Gasteiger charge is -2.14. The highest BCUT2D eigenvalue weighted by Gasteiger charge is 2.35. The number of alkyl halides is 3. The summed E-state index contributed by atoms with van der Waals surface area (Å²) in [5.74, 6) is -0.839. The minimum atomic E-state index is -4.56. The van der Waals surface area contributed by atoms with Gasteiger partial charge < -0.3 is 15.4 Å². The fourth-order valence-corrected chi connectivity index (χ4v) is 1.96. The first-order valence-corrected chi connectivity index (χ1v) is 6.54. The molecule has 2 rings (SSSR count). The van der Waals surface area contributed by atoms with Gasteiger partial charge in [0.25, 0.3) is 0 Å². The molecule has 0 aliphatic carbocycles. The van der Waals surface area contributed by atoms with Crippen LogP contribution in [0.2, 0.25) is 0 Å². The normalized spacial score (nSPS) is 19.1. The van der Waals surface area contributed by atoms with Gasteiger partial charge in [0.05, 0.1) is 6.10 Å². The van der Waals surface area contributed by atoms with Gasteiger partial charge in [-0.1, -0.05) is 0 Å². The van der Waals surface area contributed by atoms with Crippen LogP contribution in [0.15, 0.2) is 6.07 Å². The molecule has 0 bridgehead atoms. The molecule has 20 heavy (non-hydrogen) atoms. The largest absolute Gasteiger partial charge is 0.451 e. The van der Waals surface area contributed by atoms with Gasteiger partial charge in [-0.05, 0) is 19.8 Å². The van der Waals surface area contributed by atoms with E-state index in [9.17, 15) is 13.2 Å². The zero-order chi connectivity index (χ0) is 14.6. The van der Waals surface area contributed by atoms with Gasteiger partial charge in [-0.25, -0.2) is 9.97 Å². The van der Waals surface area contributed by atoms with E-state index in [1.807, 2.05) is 0 Å². The zero-order valence-corrected chi connectivity index (χ0v) is 11.1. The molecular formula is C12H17F3N4O. The van der Waals surface area contributed by atoms with Crippen LogP contribution in [-0.4, -0.2) is 35.8 Å². The Morgan fingerprint density at radius 3 is 2.55 bits per heavy atom. The van der Waals surface area contributed by atoms with E-state index in [1.165, 1.54) is 6.07 Å². The van der Waals surface area contributed by atoms with Crippen LogP contribution >= 0.6 is 0 Å². The Morgan fingerprint density at radius 1 is 1.30 bits per heavy atom. The molecular weight excluding hydrogens is 273 g/mol. The first-order valence-electron chi connectivity index (χ1n) is 6.54. The summed E-state index contributed by atoms with van der Waals surface area (Å²) in [6.45, 7) is 3.42. The van der Waals surface area contributed by atoms with Crippen molar-refractivity contribution in [2.24, 2.45) is 0 Å². The topological polar surface area (TPSA) is 59.1 Å². The maximum atomic E-state index is 12.7. The summed E-state index contributed by atoms with van der Waals surface area (Å²) in [4.78, 5) is 6.96. The highest BCUT2D eigenvalue weighted by atomic mass is 19.4. The van der Waals surface area contributed by atoms with Gasteiger partial charge >= 0.3 is 6.18 Å². The summed E-state index contributed by atoms with van der Waals surface area (Å²) < 4.78 is 43.6. The monoisotopic (exact) mass is 290 g/mol. The lowest BCUT2D eigenvalue weighted by molar-refractivity contribution is -0.144. The Labute approximate surface area is 114 Å². The lowest BCUT2D eigenvalue weighted by atomic mass is 10.2. The van der Waals surface area contributed by atoms with Crippen molar-refractivity contribution in [1.82, 2.24) is 9.97 Å². The quantitative estimate of drug-likeness (QED) is 0.872. The second-order valence-corrected chi connectivity index (χ2v) is 4.51. The molecule has 1 atom stereocenters. The van der Waals surface area contributed by atoms with Gasteiger partial charge in [0.2, 0.25) is 5.82 Å². The fourth-order valence-electron chi connectivity index (χ4n) is 1.96. The lowest BCUT2D eigenvalue weighted by Crippen LogP contribution is -2.21. The maximum absolute atomic E-state index is 12.7. The fraction of sp³-hybridized carbons (Fsp3) is 0.667. The third kappa shape index (κ3) is 3.96. The van der Waals surface area contributed by atoms with E-state index in [0.29, 0.717) is 19.7 Å². The second-order valence-electron chi connectivity index (χ2n) is 4.51. The van der Waals surface area contributed by atoms with Gasteiger partial charge in [0.15, 0.2) is 0 Å². The molecule has 2 N–H and O–H groups in total. The summed E-state index contributed by atoms with van der Waals surface area (Å²) in [7, 11) is 0. The van der Waals surface area contributed by atoms with Crippen LogP contribution in [0.3, 0.4) is 0 Å². The molecule has 1 aromatic rings. The average Bonchev–Trinajstić information content (AvgIpc) is 2.88. The number of anilines is 2. The Morgan fingerprint density at radius 2 is 2.00 bits per heavy atom. The van der Waals surface area contributed by atoms with E-state index in [-0.39, 0.29) is 17.7 Å². The van der Waals surface area contributed by atoms with E-state index in [2.05, 4.69) is 20.6 Å². The minimum absolute atomic E-state index is 0.0295. The molecule has 2 heterocycles. The van der Waals surface area contributed by atoms with Crippen molar-refractivity contribution in [1.29, 1.82) is 0 Å². The Kier molecular flexibility index (Phi) is 4.64. The molecule has 1 saturated heterocycles.